The van der Waals surface area contributed by atoms with Gasteiger partial charge in [-0.1, -0.05) is 32.4 Å². The quantitative estimate of drug-likeness (QED) is 0.806. The Morgan fingerprint density at radius 2 is 2.07 bits per heavy atom. The van der Waals surface area contributed by atoms with E-state index < -0.39 is 5.97 Å². The minimum Gasteiger partial charge on any atom is -0.478 e. The molecular formula is C10H11BrClNO2. The summed E-state index contributed by atoms with van der Waals surface area (Å²) in [5.41, 5.74) is 0.577. The summed E-state index contributed by atoms with van der Waals surface area (Å²) < 4.78 is 0.664. The molecule has 5 heteroatoms. The molecule has 0 unspecified atom stereocenters. The number of halogens is 2. The molecule has 0 saturated heterocycles. The van der Waals surface area contributed by atoms with Gasteiger partial charge in [-0.2, -0.15) is 0 Å². The smallest absolute Gasteiger partial charge is 0.338 e. The van der Waals surface area contributed by atoms with E-state index in [1.807, 2.05) is 20.8 Å². The van der Waals surface area contributed by atoms with Crippen molar-refractivity contribution in [3.05, 3.63) is 26.9 Å². The SMILES string of the molecule is CC(C)(C)c1nc(Cl)c(C(=O)O)cc1Br. The van der Waals surface area contributed by atoms with E-state index in [0.29, 0.717) is 4.47 Å². The van der Waals surface area contributed by atoms with Crippen molar-refractivity contribution < 1.29 is 9.90 Å². The number of aromatic nitrogens is 1. The van der Waals surface area contributed by atoms with Gasteiger partial charge in [0.2, 0.25) is 0 Å². The van der Waals surface area contributed by atoms with Crippen LogP contribution in [0.15, 0.2) is 10.5 Å². The van der Waals surface area contributed by atoms with Crippen LogP contribution in [-0.4, -0.2) is 16.1 Å². The number of carbonyl (C=O) groups is 1. The maximum atomic E-state index is 10.8. The average molecular weight is 293 g/mol. The number of rotatable bonds is 1. The number of pyridine rings is 1. The van der Waals surface area contributed by atoms with Crippen LogP contribution in [0.3, 0.4) is 0 Å². The van der Waals surface area contributed by atoms with Crippen LogP contribution < -0.4 is 0 Å². The summed E-state index contributed by atoms with van der Waals surface area (Å²) in [5.74, 6) is -1.08. The van der Waals surface area contributed by atoms with Gasteiger partial charge in [0.15, 0.2) is 0 Å². The van der Waals surface area contributed by atoms with E-state index in [4.69, 9.17) is 16.7 Å². The van der Waals surface area contributed by atoms with Gasteiger partial charge in [0, 0.05) is 9.89 Å². The van der Waals surface area contributed by atoms with Crippen molar-refractivity contribution in [2.24, 2.45) is 0 Å². The Labute approximate surface area is 102 Å². The lowest BCUT2D eigenvalue weighted by atomic mass is 9.91. The fourth-order valence-corrected chi connectivity index (χ4v) is 2.27. The summed E-state index contributed by atoms with van der Waals surface area (Å²) in [6, 6.07) is 1.48. The Morgan fingerprint density at radius 1 is 1.53 bits per heavy atom. The predicted molar refractivity (Wildman–Crippen MR) is 62.6 cm³/mol. The highest BCUT2D eigenvalue weighted by molar-refractivity contribution is 9.10. The molecule has 1 heterocycles. The van der Waals surface area contributed by atoms with Crippen LogP contribution in [0.5, 0.6) is 0 Å². The van der Waals surface area contributed by atoms with Gasteiger partial charge in [0.05, 0.1) is 11.3 Å². The number of nitrogens with zero attached hydrogens (tertiary/aromatic N) is 1. The van der Waals surface area contributed by atoms with Gasteiger partial charge in [0.1, 0.15) is 5.15 Å². The van der Waals surface area contributed by atoms with Gasteiger partial charge < -0.3 is 5.11 Å². The molecule has 0 saturated carbocycles. The zero-order valence-corrected chi connectivity index (χ0v) is 11.0. The first-order valence-corrected chi connectivity index (χ1v) is 5.50. The van der Waals surface area contributed by atoms with Crippen molar-refractivity contribution in [2.75, 3.05) is 0 Å². The first-order chi connectivity index (χ1) is 6.73. The molecule has 0 aliphatic rings. The molecule has 0 radical (unpaired) electrons. The zero-order valence-electron chi connectivity index (χ0n) is 8.64. The molecule has 15 heavy (non-hydrogen) atoms. The van der Waals surface area contributed by atoms with Gasteiger partial charge in [-0.15, -0.1) is 0 Å². The van der Waals surface area contributed by atoms with Crippen molar-refractivity contribution in [1.82, 2.24) is 4.98 Å². The topological polar surface area (TPSA) is 50.2 Å². The fraction of sp³-hybridized carbons (Fsp3) is 0.400. The lowest BCUT2D eigenvalue weighted by Crippen LogP contribution is -2.16. The highest BCUT2D eigenvalue weighted by Gasteiger charge is 2.22. The van der Waals surface area contributed by atoms with E-state index in [-0.39, 0.29) is 16.1 Å². The van der Waals surface area contributed by atoms with E-state index in [1.54, 1.807) is 0 Å². The second kappa shape index (κ2) is 4.10. The molecule has 3 nitrogen and oxygen atoms in total. The standard InChI is InChI=1S/C10H11BrClNO2/c1-10(2,3)7-6(11)4-5(9(14)15)8(12)13-7/h4H,1-3H3,(H,14,15). The number of carboxylic acids is 1. The first kappa shape index (κ1) is 12.5. The van der Waals surface area contributed by atoms with Crippen LogP contribution in [0, 0.1) is 0 Å². The van der Waals surface area contributed by atoms with Crippen molar-refractivity contribution in [3.8, 4) is 0 Å². The molecule has 0 aliphatic carbocycles. The van der Waals surface area contributed by atoms with Crippen LogP contribution in [-0.2, 0) is 5.41 Å². The summed E-state index contributed by atoms with van der Waals surface area (Å²) >= 11 is 9.09. The number of carboxylic acid groups (broad SMARTS) is 1. The molecule has 0 atom stereocenters. The van der Waals surface area contributed by atoms with Crippen LogP contribution in [0.2, 0.25) is 5.15 Å². The lowest BCUT2D eigenvalue weighted by molar-refractivity contribution is 0.0696. The molecule has 0 amide bonds. The Kier molecular flexibility index (Phi) is 3.41. The zero-order chi connectivity index (χ0) is 11.8. The molecule has 82 valence electrons. The number of hydrogen-bond donors (Lipinski definition) is 1. The summed E-state index contributed by atoms with van der Waals surface area (Å²) in [6.45, 7) is 5.95. The monoisotopic (exact) mass is 291 g/mol. The Morgan fingerprint density at radius 3 is 2.47 bits per heavy atom. The van der Waals surface area contributed by atoms with Gasteiger partial charge in [-0.3, -0.25) is 0 Å². The van der Waals surface area contributed by atoms with E-state index >= 15 is 0 Å². The second-order valence-electron chi connectivity index (χ2n) is 4.21. The molecular weight excluding hydrogens is 281 g/mol. The van der Waals surface area contributed by atoms with Gasteiger partial charge in [0.25, 0.3) is 0 Å². The van der Waals surface area contributed by atoms with Gasteiger partial charge in [-0.05, 0) is 22.0 Å². The second-order valence-corrected chi connectivity index (χ2v) is 5.42. The minimum absolute atomic E-state index is 0.0107. The van der Waals surface area contributed by atoms with E-state index in [2.05, 4.69) is 20.9 Å². The Hall–Kier alpha value is -0.610. The summed E-state index contributed by atoms with van der Waals surface area (Å²) in [7, 11) is 0. The van der Waals surface area contributed by atoms with Crippen molar-refractivity contribution in [3.63, 3.8) is 0 Å². The first-order valence-electron chi connectivity index (χ1n) is 4.33. The maximum absolute atomic E-state index is 10.8. The molecule has 0 bridgehead atoms. The normalized spacial score (nSPS) is 11.5. The number of aromatic carboxylic acids is 1. The average Bonchev–Trinajstić information content (AvgIpc) is 2.06. The van der Waals surface area contributed by atoms with E-state index in [0.717, 1.165) is 5.69 Å². The van der Waals surface area contributed by atoms with E-state index in [9.17, 15) is 4.79 Å². The Bertz CT molecular complexity index is 413. The third-order valence-electron chi connectivity index (χ3n) is 1.87. The third-order valence-corrected chi connectivity index (χ3v) is 2.76. The molecule has 0 aliphatic heterocycles. The molecule has 0 fully saturated rings. The highest BCUT2D eigenvalue weighted by atomic mass is 79.9. The van der Waals surface area contributed by atoms with E-state index in [1.165, 1.54) is 6.07 Å². The van der Waals surface area contributed by atoms with Crippen molar-refractivity contribution in [2.45, 2.75) is 26.2 Å². The van der Waals surface area contributed by atoms with Crippen LogP contribution in [0.1, 0.15) is 36.8 Å². The third kappa shape index (κ3) is 2.69. The van der Waals surface area contributed by atoms with Crippen molar-refractivity contribution >= 4 is 33.5 Å². The molecule has 1 rings (SSSR count). The minimum atomic E-state index is -1.08. The molecule has 1 N–H and O–H groups in total. The predicted octanol–water partition coefficient (Wildman–Crippen LogP) is 3.49. The maximum Gasteiger partial charge on any atom is 0.338 e. The molecule has 0 aromatic carbocycles. The summed E-state index contributed by atoms with van der Waals surface area (Å²) in [5, 5.41) is 8.86. The number of hydrogen-bond acceptors (Lipinski definition) is 2. The van der Waals surface area contributed by atoms with Crippen LogP contribution in [0.25, 0.3) is 0 Å². The van der Waals surface area contributed by atoms with Gasteiger partial charge in [-0.25, -0.2) is 9.78 Å². The largest absolute Gasteiger partial charge is 0.478 e. The fourth-order valence-electron chi connectivity index (χ4n) is 1.14. The molecule has 1 aromatic rings. The summed E-state index contributed by atoms with van der Waals surface area (Å²) in [6.07, 6.45) is 0. The summed E-state index contributed by atoms with van der Waals surface area (Å²) in [4.78, 5) is 14.9. The van der Waals surface area contributed by atoms with Crippen molar-refractivity contribution in [1.29, 1.82) is 0 Å². The van der Waals surface area contributed by atoms with Gasteiger partial charge >= 0.3 is 5.97 Å². The van der Waals surface area contributed by atoms with Crippen LogP contribution >= 0.6 is 27.5 Å². The molecule has 0 spiro atoms. The molecule has 1 aromatic heterocycles. The lowest BCUT2D eigenvalue weighted by Gasteiger charge is -2.20. The van der Waals surface area contributed by atoms with Crippen LogP contribution in [0.4, 0.5) is 0 Å². The Balaban J connectivity index is 3.39. The highest BCUT2D eigenvalue weighted by Crippen LogP contribution is 2.31.